The Kier molecular flexibility index (Phi) is 7.08. The van der Waals surface area contributed by atoms with E-state index in [-0.39, 0.29) is 6.71 Å². The average molecular weight is 687 g/mol. The van der Waals surface area contributed by atoms with E-state index in [1.54, 1.807) is 0 Å². The Hall–Kier alpha value is -5.61. The lowest BCUT2D eigenvalue weighted by molar-refractivity contribution is -0.656. The smallest absolute Gasteiger partial charge is 0.295 e. The van der Waals surface area contributed by atoms with Gasteiger partial charge in [0.05, 0.1) is 5.39 Å². The number of nitrogens with zero attached hydrogens (tertiary/aromatic N) is 3. The number of anilines is 3. The summed E-state index contributed by atoms with van der Waals surface area (Å²) in [6.45, 7) is 17.1. The van der Waals surface area contributed by atoms with Crippen LogP contribution in [0.2, 0.25) is 0 Å². The van der Waals surface area contributed by atoms with Gasteiger partial charge in [-0.1, -0.05) is 135 Å². The highest BCUT2D eigenvalue weighted by Gasteiger charge is 2.43. The Balaban J connectivity index is 1.39. The number of fused-ring (bicyclic) bond motifs is 6. The summed E-state index contributed by atoms with van der Waals surface area (Å²) >= 11 is 0. The Bertz CT molecular complexity index is 2760. The van der Waals surface area contributed by atoms with Crippen molar-refractivity contribution in [2.45, 2.75) is 66.8 Å². The van der Waals surface area contributed by atoms with E-state index in [0.29, 0.717) is 11.8 Å². The number of aryl methyl sites for hydroxylation is 3. The monoisotopic (exact) mass is 686 g/mol. The normalized spacial score (nSPS) is 13.4. The van der Waals surface area contributed by atoms with Crippen molar-refractivity contribution in [2.24, 2.45) is 0 Å². The van der Waals surface area contributed by atoms with Gasteiger partial charge in [0.25, 0.3) is 5.65 Å². The first kappa shape index (κ1) is 32.1. The molecule has 4 heteroatoms. The van der Waals surface area contributed by atoms with Gasteiger partial charge in [0, 0.05) is 39.0 Å². The summed E-state index contributed by atoms with van der Waals surface area (Å²) in [5.41, 5.74) is 21.5. The highest BCUT2D eigenvalue weighted by Crippen LogP contribution is 2.45. The predicted octanol–water partition coefficient (Wildman–Crippen LogP) is 10.0. The molecule has 0 aliphatic carbocycles. The van der Waals surface area contributed by atoms with Gasteiger partial charge >= 0.3 is 0 Å². The summed E-state index contributed by atoms with van der Waals surface area (Å²) in [6, 6.07) is 43.5. The van der Waals surface area contributed by atoms with Gasteiger partial charge < -0.3 is 4.90 Å². The molecule has 0 atom stereocenters. The Morgan fingerprint density at radius 2 is 1.30 bits per heavy atom. The van der Waals surface area contributed by atoms with E-state index in [0.717, 1.165) is 6.54 Å². The predicted molar refractivity (Wildman–Crippen MR) is 225 cm³/mol. The van der Waals surface area contributed by atoms with Gasteiger partial charge in [0.15, 0.2) is 5.69 Å². The van der Waals surface area contributed by atoms with Crippen LogP contribution in [0.3, 0.4) is 0 Å². The molecular weight excluding hydrogens is 641 g/mol. The van der Waals surface area contributed by atoms with Gasteiger partial charge in [0.2, 0.25) is 6.71 Å². The fraction of sp³-hybridized carbons (Fsp3) is 0.204. The Labute approximate surface area is 313 Å². The molecule has 10 rings (SSSR count). The highest BCUT2D eigenvalue weighted by atomic mass is 15.2. The SMILES string of the molecule is Cc1cc(C)c(B2c3ccccc3N(c3ccccc3)c3cc4c5ccccc5n5c(-c6c(C(C)C)cccc6C(C)C)c[n+]6c5c4c(c32)C6)c(C)c1. The second-order valence-electron chi connectivity index (χ2n) is 16.1. The first-order chi connectivity index (χ1) is 25.7. The minimum absolute atomic E-state index is 0.103. The fourth-order valence-electron chi connectivity index (χ4n) is 10.1. The zero-order valence-corrected chi connectivity index (χ0v) is 31.8. The molecular formula is C49H45BN3+. The van der Waals surface area contributed by atoms with Crippen LogP contribution in [0.15, 0.2) is 121 Å². The average Bonchev–Trinajstić information content (AvgIpc) is 3.71. The number of rotatable bonds is 5. The molecule has 4 heterocycles. The molecule has 0 saturated heterocycles. The van der Waals surface area contributed by atoms with Crippen molar-refractivity contribution >= 4 is 67.5 Å². The van der Waals surface area contributed by atoms with Crippen molar-refractivity contribution in [1.82, 2.24) is 4.40 Å². The van der Waals surface area contributed by atoms with Gasteiger partial charge in [-0.15, -0.1) is 0 Å². The van der Waals surface area contributed by atoms with Crippen LogP contribution in [0, 0.1) is 20.8 Å². The van der Waals surface area contributed by atoms with Crippen LogP contribution >= 0.6 is 0 Å². The van der Waals surface area contributed by atoms with E-state index < -0.39 is 0 Å². The third kappa shape index (κ3) is 4.51. The first-order valence-corrected chi connectivity index (χ1v) is 19.3. The van der Waals surface area contributed by atoms with Crippen molar-refractivity contribution in [3.05, 3.63) is 155 Å². The number of aromatic nitrogens is 2. The Morgan fingerprint density at radius 3 is 2.02 bits per heavy atom. The summed E-state index contributed by atoms with van der Waals surface area (Å²) in [7, 11) is 0. The maximum absolute atomic E-state index is 2.61. The summed E-state index contributed by atoms with van der Waals surface area (Å²) in [5, 5.41) is 4.02. The first-order valence-electron chi connectivity index (χ1n) is 19.3. The van der Waals surface area contributed by atoms with E-state index in [2.05, 4.69) is 184 Å². The van der Waals surface area contributed by atoms with Crippen LogP contribution in [0.5, 0.6) is 0 Å². The summed E-state index contributed by atoms with van der Waals surface area (Å²) < 4.78 is 5.18. The molecule has 2 aromatic heterocycles. The molecule has 2 aliphatic rings. The molecule has 2 aliphatic heterocycles. The summed E-state index contributed by atoms with van der Waals surface area (Å²) in [5.74, 6) is 0.816. The molecule has 3 nitrogen and oxygen atoms in total. The largest absolute Gasteiger partial charge is 0.311 e. The van der Waals surface area contributed by atoms with Crippen molar-refractivity contribution < 1.29 is 4.57 Å². The zero-order chi connectivity index (χ0) is 36.3. The van der Waals surface area contributed by atoms with E-state index in [9.17, 15) is 0 Å². The number of pyridine rings is 1. The molecule has 6 aromatic carbocycles. The lowest BCUT2D eigenvalue weighted by atomic mass is 9.33. The third-order valence-electron chi connectivity index (χ3n) is 12.1. The second kappa shape index (κ2) is 11.7. The third-order valence-corrected chi connectivity index (χ3v) is 12.1. The van der Waals surface area contributed by atoms with Gasteiger partial charge in [-0.25, -0.2) is 4.57 Å². The maximum atomic E-state index is 2.61. The second-order valence-corrected chi connectivity index (χ2v) is 16.1. The molecule has 8 aromatic rings. The van der Waals surface area contributed by atoms with E-state index in [4.69, 9.17) is 0 Å². The minimum atomic E-state index is 0.103. The van der Waals surface area contributed by atoms with Crippen molar-refractivity contribution in [3.63, 3.8) is 0 Å². The van der Waals surface area contributed by atoms with Crippen molar-refractivity contribution in [2.75, 3.05) is 4.90 Å². The summed E-state index contributed by atoms with van der Waals surface area (Å²) in [4.78, 5) is 2.54. The van der Waals surface area contributed by atoms with Crippen LogP contribution in [0.1, 0.15) is 72.9 Å². The number of imidazole rings is 1. The van der Waals surface area contributed by atoms with E-state index in [1.807, 2.05) is 0 Å². The van der Waals surface area contributed by atoms with Crippen LogP contribution in [0.4, 0.5) is 17.1 Å². The highest BCUT2D eigenvalue weighted by molar-refractivity contribution is 6.99. The summed E-state index contributed by atoms with van der Waals surface area (Å²) in [6.07, 6.45) is 2.48. The molecule has 0 N–H and O–H groups in total. The van der Waals surface area contributed by atoms with Crippen molar-refractivity contribution in [1.29, 1.82) is 0 Å². The van der Waals surface area contributed by atoms with E-state index in [1.165, 1.54) is 105 Å². The molecule has 0 saturated carbocycles. The molecule has 0 fully saturated rings. The molecule has 0 amide bonds. The standard InChI is InChI=1S/C49H45BN3/c1-29(2)35-19-15-20-36(30(3)4)45(35)44-28-51-27-39-46-38(37-18-11-13-22-41(37)53(44)49(46)51)26-43-48(39)50(47-32(6)24-31(5)25-33(47)7)40-21-12-14-23-42(40)52(43)34-16-9-8-10-17-34/h8-26,28-30H,27H2,1-7H3/q+1. The molecule has 53 heavy (non-hydrogen) atoms. The quantitative estimate of drug-likeness (QED) is 0.0997. The topological polar surface area (TPSA) is 11.5 Å². The molecule has 258 valence electrons. The van der Waals surface area contributed by atoms with Crippen LogP contribution in [-0.2, 0) is 6.54 Å². The van der Waals surface area contributed by atoms with Gasteiger partial charge in [-0.2, -0.15) is 4.40 Å². The van der Waals surface area contributed by atoms with Gasteiger partial charge in [0.1, 0.15) is 18.3 Å². The van der Waals surface area contributed by atoms with Crippen LogP contribution in [0.25, 0.3) is 38.6 Å². The number of para-hydroxylation sites is 3. The van der Waals surface area contributed by atoms with E-state index >= 15 is 0 Å². The minimum Gasteiger partial charge on any atom is -0.311 e. The van der Waals surface area contributed by atoms with Crippen molar-refractivity contribution in [3.8, 4) is 11.3 Å². The number of benzene rings is 6. The van der Waals surface area contributed by atoms with Crippen LogP contribution < -0.4 is 25.9 Å². The lowest BCUT2D eigenvalue weighted by Crippen LogP contribution is -2.60. The Morgan fingerprint density at radius 1 is 0.642 bits per heavy atom. The molecule has 0 unspecified atom stereocenters. The van der Waals surface area contributed by atoms with Gasteiger partial charge in [-0.3, -0.25) is 0 Å². The lowest BCUT2D eigenvalue weighted by Gasteiger charge is -2.39. The number of hydrogen-bond donors (Lipinski definition) is 0. The van der Waals surface area contributed by atoms with Gasteiger partial charge in [-0.05, 0) is 85.0 Å². The maximum Gasteiger partial charge on any atom is 0.295 e. The fourth-order valence-corrected chi connectivity index (χ4v) is 10.1. The zero-order valence-electron chi connectivity index (χ0n) is 31.8. The van der Waals surface area contributed by atoms with Crippen LogP contribution in [-0.4, -0.2) is 11.1 Å². The molecule has 0 bridgehead atoms. The molecule has 0 spiro atoms. The molecule has 0 radical (unpaired) electrons. The number of hydrogen-bond acceptors (Lipinski definition) is 1.